The molecule has 4 rings (SSSR count). The van der Waals surface area contributed by atoms with Gasteiger partial charge in [-0.1, -0.05) is 37.3 Å². The number of nitrogens with zero attached hydrogens (tertiary/aromatic N) is 2. The molecule has 1 unspecified atom stereocenters. The second-order valence-electron chi connectivity index (χ2n) is 9.24. The van der Waals surface area contributed by atoms with Crippen LogP contribution in [0.25, 0.3) is 0 Å². The normalized spacial score (nSPS) is 18.5. The summed E-state index contributed by atoms with van der Waals surface area (Å²) >= 11 is 0. The Morgan fingerprint density at radius 1 is 1.09 bits per heavy atom. The minimum Gasteiger partial charge on any atom is -0.486 e. The fraction of sp³-hybridized carbons (Fsp3) is 0.481. The molecule has 1 atom stereocenters. The van der Waals surface area contributed by atoms with E-state index in [-0.39, 0.29) is 24.0 Å². The van der Waals surface area contributed by atoms with Crippen LogP contribution in [0.2, 0.25) is 0 Å². The first kappa shape index (κ1) is 23.1. The predicted octanol–water partition coefficient (Wildman–Crippen LogP) is 4.47. The average Bonchev–Trinajstić information content (AvgIpc) is 2.84. The van der Waals surface area contributed by atoms with Crippen molar-refractivity contribution in [1.29, 1.82) is 0 Å². The van der Waals surface area contributed by atoms with Crippen LogP contribution < -0.4 is 15.0 Å². The van der Waals surface area contributed by atoms with Crippen molar-refractivity contribution < 1.29 is 14.3 Å². The van der Waals surface area contributed by atoms with E-state index in [0.29, 0.717) is 39.0 Å². The minimum absolute atomic E-state index is 0.000671. The highest BCUT2D eigenvalue weighted by Crippen LogP contribution is 2.36. The molecule has 6 nitrogen and oxygen atoms in total. The topological polar surface area (TPSA) is 61.9 Å². The van der Waals surface area contributed by atoms with Crippen LogP contribution in [0.4, 0.5) is 10.5 Å². The number of urea groups is 1. The van der Waals surface area contributed by atoms with Gasteiger partial charge in [-0.15, -0.1) is 0 Å². The van der Waals surface area contributed by atoms with Gasteiger partial charge >= 0.3 is 6.03 Å². The van der Waals surface area contributed by atoms with E-state index in [9.17, 15) is 9.59 Å². The van der Waals surface area contributed by atoms with Crippen LogP contribution in [0.3, 0.4) is 0 Å². The molecule has 33 heavy (non-hydrogen) atoms. The number of carbonyl (C=O) groups excluding carboxylic acids is 2. The molecule has 2 aromatic carbocycles. The summed E-state index contributed by atoms with van der Waals surface area (Å²) in [4.78, 5) is 29.9. The molecule has 0 aliphatic carbocycles. The molecule has 1 saturated heterocycles. The number of benzene rings is 2. The van der Waals surface area contributed by atoms with Crippen LogP contribution >= 0.6 is 0 Å². The molecule has 0 bridgehead atoms. The maximum Gasteiger partial charge on any atom is 0.324 e. The minimum atomic E-state index is -0.0338. The summed E-state index contributed by atoms with van der Waals surface area (Å²) in [5.74, 6) is 0.845. The Kier molecular flexibility index (Phi) is 7.21. The molecule has 6 heteroatoms. The summed E-state index contributed by atoms with van der Waals surface area (Å²) in [6.45, 7) is 8.61. The molecule has 2 aromatic rings. The van der Waals surface area contributed by atoms with Gasteiger partial charge in [0.15, 0.2) is 0 Å². The van der Waals surface area contributed by atoms with Gasteiger partial charge in [0.1, 0.15) is 11.9 Å². The zero-order valence-corrected chi connectivity index (χ0v) is 20.0. The van der Waals surface area contributed by atoms with Crippen molar-refractivity contribution in [3.05, 3.63) is 59.2 Å². The average molecular weight is 450 g/mol. The molecule has 0 saturated carbocycles. The van der Waals surface area contributed by atoms with Crippen LogP contribution in [-0.2, 0) is 11.2 Å². The number of hydrogen-bond donors (Lipinski definition) is 1. The number of carbonyl (C=O) groups is 2. The van der Waals surface area contributed by atoms with Gasteiger partial charge in [-0.3, -0.25) is 9.69 Å². The third-order valence-corrected chi connectivity index (χ3v) is 6.86. The van der Waals surface area contributed by atoms with Crippen molar-refractivity contribution in [3.8, 4) is 5.75 Å². The molecular formula is C27H35N3O3. The molecule has 2 aliphatic rings. The third kappa shape index (κ3) is 5.32. The van der Waals surface area contributed by atoms with Crippen LogP contribution in [0.1, 0.15) is 42.9 Å². The fourth-order valence-corrected chi connectivity index (χ4v) is 4.71. The third-order valence-electron chi connectivity index (χ3n) is 6.86. The Morgan fingerprint density at radius 3 is 2.58 bits per heavy atom. The van der Waals surface area contributed by atoms with Crippen molar-refractivity contribution in [2.45, 2.75) is 52.6 Å². The number of nitrogens with one attached hydrogen (secondary N) is 1. The van der Waals surface area contributed by atoms with Crippen LogP contribution in [0, 0.1) is 19.8 Å². The van der Waals surface area contributed by atoms with E-state index in [1.807, 2.05) is 47.1 Å². The SMILES string of the molecule is CCC1CN(C(=O)N2CCC(C(=O)NCCc3ccccc3C)CC2)c2cc(C)ccc2O1. The van der Waals surface area contributed by atoms with Crippen molar-refractivity contribution in [3.63, 3.8) is 0 Å². The number of aryl methyl sites for hydroxylation is 2. The Morgan fingerprint density at radius 2 is 1.85 bits per heavy atom. The first-order valence-electron chi connectivity index (χ1n) is 12.1. The van der Waals surface area contributed by atoms with E-state index in [0.717, 1.165) is 29.8 Å². The summed E-state index contributed by atoms with van der Waals surface area (Å²) in [5, 5.41) is 3.10. The molecule has 2 heterocycles. The Hall–Kier alpha value is -3.02. The second kappa shape index (κ2) is 10.3. The van der Waals surface area contributed by atoms with E-state index in [1.54, 1.807) is 0 Å². The lowest BCUT2D eigenvalue weighted by Crippen LogP contribution is -2.52. The molecule has 0 radical (unpaired) electrons. The van der Waals surface area contributed by atoms with Gasteiger partial charge in [0, 0.05) is 25.6 Å². The summed E-state index contributed by atoms with van der Waals surface area (Å²) in [6, 6.07) is 14.3. The smallest absolute Gasteiger partial charge is 0.324 e. The summed E-state index contributed by atoms with van der Waals surface area (Å²) < 4.78 is 6.06. The zero-order valence-electron chi connectivity index (χ0n) is 20.0. The Labute approximate surface area is 196 Å². The number of rotatable bonds is 5. The first-order valence-corrected chi connectivity index (χ1v) is 12.1. The number of amides is 3. The maximum atomic E-state index is 13.4. The lowest BCUT2D eigenvalue weighted by molar-refractivity contribution is -0.126. The number of hydrogen-bond acceptors (Lipinski definition) is 3. The Balaban J connectivity index is 1.31. The first-order chi connectivity index (χ1) is 16.0. The van der Waals surface area contributed by atoms with Gasteiger partial charge in [-0.2, -0.15) is 0 Å². The van der Waals surface area contributed by atoms with E-state index < -0.39 is 0 Å². The molecule has 1 N–H and O–H groups in total. The van der Waals surface area contributed by atoms with Gasteiger partial charge in [-0.05, 0) is 68.4 Å². The number of ether oxygens (including phenoxy) is 1. The van der Waals surface area contributed by atoms with Gasteiger partial charge in [0.2, 0.25) is 5.91 Å². The summed E-state index contributed by atoms with van der Waals surface area (Å²) in [6.07, 6.45) is 3.08. The van der Waals surface area contributed by atoms with E-state index in [1.165, 1.54) is 11.1 Å². The maximum absolute atomic E-state index is 13.4. The molecule has 176 valence electrons. The number of fused-ring (bicyclic) bond motifs is 1. The standard InChI is InChI=1S/C27H35N3O3/c1-4-23-18-30(24-17-19(2)9-10-25(24)33-23)27(32)29-15-12-22(13-16-29)26(31)28-14-11-21-8-6-5-7-20(21)3/h5-10,17,22-23H,4,11-16,18H2,1-3H3,(H,28,31). The van der Waals surface area contributed by atoms with Crippen LogP contribution in [-0.4, -0.2) is 49.1 Å². The highest BCUT2D eigenvalue weighted by Gasteiger charge is 2.34. The van der Waals surface area contributed by atoms with Crippen molar-refractivity contribution in [2.75, 3.05) is 31.1 Å². The zero-order chi connectivity index (χ0) is 23.4. The van der Waals surface area contributed by atoms with E-state index in [4.69, 9.17) is 4.74 Å². The highest BCUT2D eigenvalue weighted by molar-refractivity contribution is 5.94. The predicted molar refractivity (Wildman–Crippen MR) is 131 cm³/mol. The van der Waals surface area contributed by atoms with Crippen molar-refractivity contribution in [2.24, 2.45) is 5.92 Å². The number of piperidine rings is 1. The van der Waals surface area contributed by atoms with Gasteiger partial charge in [0.05, 0.1) is 12.2 Å². The molecule has 2 aliphatic heterocycles. The molecule has 3 amide bonds. The van der Waals surface area contributed by atoms with Crippen LogP contribution in [0.5, 0.6) is 5.75 Å². The molecule has 0 spiro atoms. The molecule has 0 aromatic heterocycles. The monoisotopic (exact) mass is 449 g/mol. The van der Waals surface area contributed by atoms with Crippen molar-refractivity contribution in [1.82, 2.24) is 10.2 Å². The van der Waals surface area contributed by atoms with Crippen molar-refractivity contribution >= 4 is 17.6 Å². The summed E-state index contributed by atoms with van der Waals surface area (Å²) in [7, 11) is 0. The van der Waals surface area contributed by atoms with Crippen LogP contribution in [0.15, 0.2) is 42.5 Å². The summed E-state index contributed by atoms with van der Waals surface area (Å²) in [5.41, 5.74) is 4.47. The highest BCUT2D eigenvalue weighted by atomic mass is 16.5. The quantitative estimate of drug-likeness (QED) is 0.733. The Bertz CT molecular complexity index is 998. The van der Waals surface area contributed by atoms with Gasteiger partial charge in [0.25, 0.3) is 0 Å². The fourth-order valence-electron chi connectivity index (χ4n) is 4.71. The van der Waals surface area contributed by atoms with E-state index in [2.05, 4.69) is 31.3 Å². The molecular weight excluding hydrogens is 414 g/mol. The lowest BCUT2D eigenvalue weighted by atomic mass is 9.96. The number of likely N-dealkylation sites (tertiary alicyclic amines) is 1. The second-order valence-corrected chi connectivity index (χ2v) is 9.24. The molecule has 1 fully saturated rings. The number of anilines is 1. The van der Waals surface area contributed by atoms with Gasteiger partial charge in [-0.25, -0.2) is 4.79 Å². The van der Waals surface area contributed by atoms with Gasteiger partial charge < -0.3 is 15.0 Å². The largest absolute Gasteiger partial charge is 0.486 e. The lowest BCUT2D eigenvalue weighted by Gasteiger charge is -2.39. The van der Waals surface area contributed by atoms with E-state index >= 15 is 0 Å².